The maximum atomic E-state index is 13.7. The first kappa shape index (κ1) is 19.9. The molecule has 4 rings (SSSR count). The highest BCUT2D eigenvalue weighted by molar-refractivity contribution is 6.07. The standard InChI is InChI=1S/C22H30N4O3/c1-12(21(28)29)11-25(15-8-9-15)20(27)16-10-17(14-6-7-14)23-19-18(16)13(2)24-26(19)22(3,4)5/h10,12,14-15H,6-9,11H2,1-5H3,(H,28,29). The molecule has 1 atom stereocenters. The molecule has 2 heterocycles. The van der Waals surface area contributed by atoms with E-state index in [1.165, 1.54) is 0 Å². The lowest BCUT2D eigenvalue weighted by molar-refractivity contribution is -0.141. The SMILES string of the molecule is Cc1nn(C(C)(C)C)c2nc(C3CC3)cc(C(=O)N(CC(C)C(=O)O)C3CC3)c12. The molecule has 7 nitrogen and oxygen atoms in total. The molecule has 1 N–H and O–H groups in total. The van der Waals surface area contributed by atoms with E-state index in [2.05, 4.69) is 20.8 Å². The summed E-state index contributed by atoms with van der Waals surface area (Å²) in [5.74, 6) is -1.16. The van der Waals surface area contributed by atoms with Crippen molar-refractivity contribution in [3.8, 4) is 0 Å². The molecule has 0 saturated heterocycles. The van der Waals surface area contributed by atoms with Gasteiger partial charge in [-0.25, -0.2) is 9.67 Å². The summed E-state index contributed by atoms with van der Waals surface area (Å²) in [5.41, 5.74) is 2.86. The van der Waals surface area contributed by atoms with Gasteiger partial charge in [-0.15, -0.1) is 0 Å². The Kier molecular flexibility index (Phi) is 4.67. The van der Waals surface area contributed by atoms with Crippen LogP contribution in [0.3, 0.4) is 0 Å². The lowest BCUT2D eigenvalue weighted by atomic mass is 10.0. The van der Waals surface area contributed by atoms with Gasteiger partial charge >= 0.3 is 5.97 Å². The molecule has 0 radical (unpaired) electrons. The van der Waals surface area contributed by atoms with Gasteiger partial charge in [-0.3, -0.25) is 9.59 Å². The zero-order valence-electron chi connectivity index (χ0n) is 17.9. The second-order valence-electron chi connectivity index (χ2n) is 9.66. The predicted octanol–water partition coefficient (Wildman–Crippen LogP) is 3.70. The first-order valence-electron chi connectivity index (χ1n) is 10.5. The van der Waals surface area contributed by atoms with E-state index in [9.17, 15) is 14.7 Å². The summed E-state index contributed by atoms with van der Waals surface area (Å²) in [6.07, 6.45) is 4.05. The fourth-order valence-corrected chi connectivity index (χ4v) is 3.84. The first-order valence-corrected chi connectivity index (χ1v) is 10.5. The molecular weight excluding hydrogens is 368 g/mol. The third-order valence-electron chi connectivity index (χ3n) is 5.83. The summed E-state index contributed by atoms with van der Waals surface area (Å²) in [6.45, 7) is 10.0. The number of amides is 1. The normalized spacial score (nSPS) is 18.1. The van der Waals surface area contributed by atoms with Crippen LogP contribution < -0.4 is 0 Å². The molecular formula is C22H30N4O3. The van der Waals surface area contributed by atoms with Crippen LogP contribution in [0.25, 0.3) is 11.0 Å². The number of pyridine rings is 1. The second-order valence-corrected chi connectivity index (χ2v) is 9.66. The van der Waals surface area contributed by atoms with Crippen LogP contribution in [0.4, 0.5) is 0 Å². The molecule has 1 amide bonds. The number of hydrogen-bond acceptors (Lipinski definition) is 4. The first-order chi connectivity index (χ1) is 13.6. The van der Waals surface area contributed by atoms with E-state index in [1.807, 2.05) is 17.7 Å². The summed E-state index contributed by atoms with van der Waals surface area (Å²) in [6, 6.07) is 2.07. The van der Waals surface area contributed by atoms with Crippen LogP contribution in [0.1, 0.15) is 81.0 Å². The van der Waals surface area contributed by atoms with E-state index >= 15 is 0 Å². The van der Waals surface area contributed by atoms with E-state index in [0.717, 1.165) is 48.1 Å². The third-order valence-corrected chi connectivity index (χ3v) is 5.83. The highest BCUT2D eigenvalue weighted by Gasteiger charge is 2.37. The van der Waals surface area contributed by atoms with Gasteiger partial charge in [-0.05, 0) is 59.4 Å². The molecule has 2 aliphatic carbocycles. The van der Waals surface area contributed by atoms with Crippen molar-refractivity contribution in [2.75, 3.05) is 6.54 Å². The maximum Gasteiger partial charge on any atom is 0.308 e. The van der Waals surface area contributed by atoms with Crippen LogP contribution in [0, 0.1) is 12.8 Å². The van der Waals surface area contributed by atoms with Gasteiger partial charge in [-0.2, -0.15) is 5.10 Å². The van der Waals surface area contributed by atoms with E-state index in [-0.39, 0.29) is 24.0 Å². The second kappa shape index (κ2) is 6.82. The minimum atomic E-state index is -0.876. The maximum absolute atomic E-state index is 13.7. The van der Waals surface area contributed by atoms with Gasteiger partial charge in [0.25, 0.3) is 5.91 Å². The van der Waals surface area contributed by atoms with Crippen molar-refractivity contribution < 1.29 is 14.7 Å². The zero-order valence-corrected chi connectivity index (χ0v) is 17.9. The smallest absolute Gasteiger partial charge is 0.308 e. The minimum Gasteiger partial charge on any atom is -0.481 e. The summed E-state index contributed by atoms with van der Waals surface area (Å²) < 4.78 is 1.92. The molecule has 0 aromatic carbocycles. The summed E-state index contributed by atoms with van der Waals surface area (Å²) in [7, 11) is 0. The van der Waals surface area contributed by atoms with Crippen LogP contribution >= 0.6 is 0 Å². The minimum absolute atomic E-state index is 0.0912. The van der Waals surface area contributed by atoms with Crippen LogP contribution in [0.5, 0.6) is 0 Å². The Morgan fingerprint density at radius 2 is 1.93 bits per heavy atom. The fourth-order valence-electron chi connectivity index (χ4n) is 3.84. The Balaban J connectivity index is 1.84. The lowest BCUT2D eigenvalue weighted by Gasteiger charge is -2.25. The number of carboxylic acid groups (broad SMARTS) is 1. The van der Waals surface area contributed by atoms with Crippen molar-refractivity contribution >= 4 is 22.9 Å². The highest BCUT2D eigenvalue weighted by atomic mass is 16.4. The Hall–Kier alpha value is -2.44. The molecule has 2 saturated carbocycles. The summed E-state index contributed by atoms with van der Waals surface area (Å²) in [4.78, 5) is 31.8. The number of carbonyl (C=O) groups excluding carboxylic acids is 1. The predicted molar refractivity (Wildman–Crippen MR) is 110 cm³/mol. The molecule has 0 spiro atoms. The van der Waals surface area contributed by atoms with E-state index in [1.54, 1.807) is 11.8 Å². The quantitative estimate of drug-likeness (QED) is 0.801. The summed E-state index contributed by atoms with van der Waals surface area (Å²) in [5, 5.41) is 14.9. The van der Waals surface area contributed by atoms with Gasteiger partial charge in [0.2, 0.25) is 0 Å². The molecule has 2 aliphatic rings. The van der Waals surface area contributed by atoms with Gasteiger partial charge in [0.1, 0.15) is 0 Å². The van der Waals surface area contributed by atoms with Crippen LogP contribution in [-0.2, 0) is 10.3 Å². The van der Waals surface area contributed by atoms with Crippen molar-refractivity contribution in [3.63, 3.8) is 0 Å². The number of aliphatic carboxylic acids is 1. The topological polar surface area (TPSA) is 88.3 Å². The van der Waals surface area contributed by atoms with Gasteiger partial charge < -0.3 is 10.0 Å². The number of aromatic nitrogens is 3. The lowest BCUT2D eigenvalue weighted by Crippen LogP contribution is -2.38. The summed E-state index contributed by atoms with van der Waals surface area (Å²) >= 11 is 0. The number of aryl methyl sites for hydroxylation is 1. The fraction of sp³-hybridized carbons (Fsp3) is 0.636. The Morgan fingerprint density at radius 1 is 1.28 bits per heavy atom. The van der Waals surface area contributed by atoms with Crippen molar-refractivity contribution in [1.29, 1.82) is 0 Å². The molecule has 0 aliphatic heterocycles. The third kappa shape index (κ3) is 3.74. The van der Waals surface area contributed by atoms with E-state index in [4.69, 9.17) is 10.1 Å². The molecule has 2 aromatic heterocycles. The number of carbonyl (C=O) groups is 2. The molecule has 7 heteroatoms. The highest BCUT2D eigenvalue weighted by Crippen LogP contribution is 2.41. The molecule has 1 unspecified atom stereocenters. The van der Waals surface area contributed by atoms with Crippen LogP contribution in [0.15, 0.2) is 6.07 Å². The average molecular weight is 399 g/mol. The Morgan fingerprint density at radius 3 is 2.45 bits per heavy atom. The van der Waals surface area contributed by atoms with Crippen LogP contribution in [-0.4, -0.2) is 49.2 Å². The molecule has 2 aromatic rings. The van der Waals surface area contributed by atoms with Gasteiger partial charge in [-0.1, -0.05) is 6.92 Å². The molecule has 0 bridgehead atoms. The van der Waals surface area contributed by atoms with Crippen LogP contribution in [0.2, 0.25) is 0 Å². The molecule has 2 fully saturated rings. The zero-order chi connectivity index (χ0) is 21.1. The van der Waals surface area contributed by atoms with Gasteiger partial charge in [0, 0.05) is 24.2 Å². The van der Waals surface area contributed by atoms with Gasteiger partial charge in [0.05, 0.1) is 28.1 Å². The number of fused-ring (bicyclic) bond motifs is 1. The monoisotopic (exact) mass is 398 g/mol. The Bertz CT molecular complexity index is 980. The van der Waals surface area contributed by atoms with Crippen molar-refractivity contribution in [2.45, 2.75) is 77.8 Å². The average Bonchev–Trinajstić information content (AvgIpc) is 3.54. The van der Waals surface area contributed by atoms with Crippen molar-refractivity contribution in [3.05, 3.63) is 23.0 Å². The largest absolute Gasteiger partial charge is 0.481 e. The van der Waals surface area contributed by atoms with Crippen molar-refractivity contribution in [2.24, 2.45) is 5.92 Å². The number of hydrogen-bond donors (Lipinski definition) is 1. The number of rotatable bonds is 6. The van der Waals surface area contributed by atoms with Gasteiger partial charge in [0.15, 0.2) is 5.65 Å². The molecule has 29 heavy (non-hydrogen) atoms. The molecule has 156 valence electrons. The Labute approximate surface area is 171 Å². The van der Waals surface area contributed by atoms with Crippen molar-refractivity contribution in [1.82, 2.24) is 19.7 Å². The van der Waals surface area contributed by atoms with E-state index < -0.39 is 11.9 Å². The number of nitrogens with zero attached hydrogens (tertiary/aromatic N) is 4. The van der Waals surface area contributed by atoms with E-state index in [0.29, 0.717) is 11.5 Å². The number of carboxylic acids is 1.